The molecule has 2 aliphatic rings. The van der Waals surface area contributed by atoms with E-state index in [0.29, 0.717) is 25.2 Å². The Kier molecular flexibility index (Phi) is 3.91. The number of rotatable bonds is 3. The van der Waals surface area contributed by atoms with Crippen molar-refractivity contribution < 1.29 is 18.3 Å². The van der Waals surface area contributed by atoms with E-state index in [1.807, 2.05) is 6.92 Å². The summed E-state index contributed by atoms with van der Waals surface area (Å²) in [5, 5.41) is 3.21. The summed E-state index contributed by atoms with van der Waals surface area (Å²) < 4.78 is 31.9. The largest absolute Gasteiger partial charge is 0.379 e. The zero-order valence-electron chi connectivity index (χ0n) is 11.8. The third kappa shape index (κ3) is 2.53. The van der Waals surface area contributed by atoms with Crippen LogP contribution in [0, 0.1) is 11.6 Å². The molecule has 2 heterocycles. The molecule has 4 nitrogen and oxygen atoms in total. The molecule has 0 radical (unpaired) electrons. The SMILES string of the molecule is CCC1NC(c2ccc(F)c(F)c2)N(C2CCOC2)C1=O. The lowest BCUT2D eigenvalue weighted by molar-refractivity contribution is -0.132. The molecular formula is C15H18F2N2O2. The highest BCUT2D eigenvalue weighted by atomic mass is 19.2. The van der Waals surface area contributed by atoms with Crippen molar-refractivity contribution >= 4 is 5.91 Å². The van der Waals surface area contributed by atoms with Gasteiger partial charge in [-0.3, -0.25) is 10.1 Å². The fourth-order valence-electron chi connectivity index (χ4n) is 3.01. The molecule has 3 unspecified atom stereocenters. The lowest BCUT2D eigenvalue weighted by Crippen LogP contribution is -2.40. The van der Waals surface area contributed by atoms with E-state index in [-0.39, 0.29) is 18.0 Å². The quantitative estimate of drug-likeness (QED) is 0.927. The molecule has 1 aromatic carbocycles. The van der Waals surface area contributed by atoms with Crippen LogP contribution in [0.3, 0.4) is 0 Å². The summed E-state index contributed by atoms with van der Waals surface area (Å²) in [6.07, 6.45) is 0.997. The monoisotopic (exact) mass is 296 g/mol. The van der Waals surface area contributed by atoms with Crippen molar-refractivity contribution in [1.29, 1.82) is 0 Å². The van der Waals surface area contributed by atoms with Gasteiger partial charge >= 0.3 is 0 Å². The number of ether oxygens (including phenoxy) is 1. The van der Waals surface area contributed by atoms with Crippen LogP contribution in [0.4, 0.5) is 8.78 Å². The van der Waals surface area contributed by atoms with E-state index in [9.17, 15) is 13.6 Å². The Morgan fingerprint density at radius 2 is 2.19 bits per heavy atom. The first-order valence-corrected chi connectivity index (χ1v) is 7.22. The standard InChI is InChI=1S/C15H18F2N2O2/c1-2-13-15(20)19(10-5-6-21-8-10)14(18-13)9-3-4-11(16)12(17)7-9/h3-4,7,10,13-14,18H,2,5-6,8H2,1H3. The molecule has 21 heavy (non-hydrogen) atoms. The van der Waals surface area contributed by atoms with Crippen LogP contribution in [0.25, 0.3) is 0 Å². The van der Waals surface area contributed by atoms with E-state index in [1.54, 1.807) is 4.90 Å². The van der Waals surface area contributed by atoms with Crippen molar-refractivity contribution in [3.8, 4) is 0 Å². The van der Waals surface area contributed by atoms with Crippen molar-refractivity contribution in [2.45, 2.75) is 38.0 Å². The maximum absolute atomic E-state index is 13.5. The Balaban J connectivity index is 1.93. The van der Waals surface area contributed by atoms with Gasteiger partial charge in [-0.25, -0.2) is 8.78 Å². The van der Waals surface area contributed by atoms with E-state index in [1.165, 1.54) is 6.07 Å². The number of benzene rings is 1. The number of amides is 1. The fraction of sp³-hybridized carbons (Fsp3) is 0.533. The Morgan fingerprint density at radius 1 is 1.38 bits per heavy atom. The molecule has 3 rings (SSSR count). The minimum Gasteiger partial charge on any atom is -0.379 e. The molecule has 2 aliphatic heterocycles. The molecule has 114 valence electrons. The lowest BCUT2D eigenvalue weighted by atomic mass is 10.1. The summed E-state index contributed by atoms with van der Waals surface area (Å²) in [5.41, 5.74) is 0.560. The van der Waals surface area contributed by atoms with Gasteiger partial charge in [-0.1, -0.05) is 13.0 Å². The van der Waals surface area contributed by atoms with E-state index in [2.05, 4.69) is 5.32 Å². The summed E-state index contributed by atoms with van der Waals surface area (Å²) >= 11 is 0. The summed E-state index contributed by atoms with van der Waals surface area (Å²) in [6.45, 7) is 3.03. The van der Waals surface area contributed by atoms with Crippen LogP contribution in [0.2, 0.25) is 0 Å². The van der Waals surface area contributed by atoms with Crippen LogP contribution in [-0.4, -0.2) is 36.1 Å². The van der Waals surface area contributed by atoms with Crippen molar-refractivity contribution in [2.75, 3.05) is 13.2 Å². The summed E-state index contributed by atoms with van der Waals surface area (Å²) in [4.78, 5) is 14.2. The van der Waals surface area contributed by atoms with E-state index in [0.717, 1.165) is 18.6 Å². The van der Waals surface area contributed by atoms with Gasteiger partial charge in [0.05, 0.1) is 18.7 Å². The number of nitrogens with zero attached hydrogens (tertiary/aromatic N) is 1. The van der Waals surface area contributed by atoms with Gasteiger partial charge in [0.15, 0.2) is 11.6 Å². The topological polar surface area (TPSA) is 41.6 Å². The fourth-order valence-corrected chi connectivity index (χ4v) is 3.01. The van der Waals surface area contributed by atoms with Gasteiger partial charge in [0.1, 0.15) is 6.17 Å². The normalized spacial score (nSPS) is 29.4. The van der Waals surface area contributed by atoms with Gasteiger partial charge in [-0.05, 0) is 30.5 Å². The average Bonchev–Trinajstić information content (AvgIpc) is 3.09. The molecule has 0 aliphatic carbocycles. The molecule has 0 saturated carbocycles. The number of halogens is 2. The highest BCUT2D eigenvalue weighted by Crippen LogP contribution is 2.31. The molecular weight excluding hydrogens is 278 g/mol. The number of hydrogen-bond donors (Lipinski definition) is 1. The summed E-state index contributed by atoms with van der Waals surface area (Å²) in [6, 6.07) is 3.47. The van der Waals surface area contributed by atoms with Gasteiger partial charge in [-0.2, -0.15) is 0 Å². The predicted octanol–water partition coefficient (Wildman–Crippen LogP) is 1.96. The number of nitrogens with one attached hydrogen (secondary N) is 1. The third-order valence-electron chi connectivity index (χ3n) is 4.16. The lowest BCUT2D eigenvalue weighted by Gasteiger charge is -2.29. The zero-order chi connectivity index (χ0) is 15.0. The molecule has 3 atom stereocenters. The Labute approximate surface area is 122 Å². The average molecular weight is 296 g/mol. The smallest absolute Gasteiger partial charge is 0.241 e. The maximum atomic E-state index is 13.5. The second-order valence-corrected chi connectivity index (χ2v) is 5.47. The van der Waals surface area contributed by atoms with Crippen molar-refractivity contribution in [3.63, 3.8) is 0 Å². The predicted molar refractivity (Wildman–Crippen MR) is 72.4 cm³/mol. The van der Waals surface area contributed by atoms with Gasteiger partial charge < -0.3 is 9.64 Å². The van der Waals surface area contributed by atoms with Crippen LogP contribution in [-0.2, 0) is 9.53 Å². The first-order chi connectivity index (χ1) is 10.1. The first kappa shape index (κ1) is 14.4. The van der Waals surface area contributed by atoms with E-state index < -0.39 is 17.8 Å². The Hall–Kier alpha value is -1.53. The number of carbonyl (C=O) groups excluding carboxylic acids is 1. The van der Waals surface area contributed by atoms with Gasteiger partial charge in [0.25, 0.3) is 0 Å². The molecule has 6 heteroatoms. The highest BCUT2D eigenvalue weighted by molar-refractivity contribution is 5.84. The third-order valence-corrected chi connectivity index (χ3v) is 4.16. The number of hydrogen-bond acceptors (Lipinski definition) is 3. The minimum atomic E-state index is -0.899. The first-order valence-electron chi connectivity index (χ1n) is 7.22. The molecule has 2 saturated heterocycles. The number of carbonyl (C=O) groups is 1. The van der Waals surface area contributed by atoms with Crippen LogP contribution >= 0.6 is 0 Å². The minimum absolute atomic E-state index is 0.00253. The molecule has 1 N–H and O–H groups in total. The molecule has 1 aromatic rings. The Bertz CT molecular complexity index is 546. The van der Waals surface area contributed by atoms with Crippen LogP contribution in [0.15, 0.2) is 18.2 Å². The highest BCUT2D eigenvalue weighted by Gasteiger charge is 2.43. The Morgan fingerprint density at radius 3 is 2.81 bits per heavy atom. The van der Waals surface area contributed by atoms with E-state index in [4.69, 9.17) is 4.74 Å². The molecule has 0 spiro atoms. The summed E-state index contributed by atoms with van der Waals surface area (Å²) in [7, 11) is 0. The zero-order valence-corrected chi connectivity index (χ0v) is 11.8. The van der Waals surface area contributed by atoms with Crippen molar-refractivity contribution in [1.82, 2.24) is 10.2 Å². The van der Waals surface area contributed by atoms with Crippen molar-refractivity contribution in [2.24, 2.45) is 0 Å². The van der Waals surface area contributed by atoms with E-state index >= 15 is 0 Å². The maximum Gasteiger partial charge on any atom is 0.241 e. The molecule has 0 bridgehead atoms. The van der Waals surface area contributed by atoms with Gasteiger partial charge in [0.2, 0.25) is 5.91 Å². The molecule has 0 aromatic heterocycles. The van der Waals surface area contributed by atoms with Crippen molar-refractivity contribution in [3.05, 3.63) is 35.4 Å². The van der Waals surface area contributed by atoms with Crippen LogP contribution in [0.5, 0.6) is 0 Å². The molecule has 1 amide bonds. The molecule has 2 fully saturated rings. The van der Waals surface area contributed by atoms with Crippen LogP contribution in [0.1, 0.15) is 31.5 Å². The van der Waals surface area contributed by atoms with Gasteiger partial charge in [0, 0.05) is 6.61 Å². The summed E-state index contributed by atoms with van der Waals surface area (Å²) in [5.74, 6) is -1.78. The second kappa shape index (κ2) is 5.69. The van der Waals surface area contributed by atoms with Crippen LogP contribution < -0.4 is 5.32 Å². The second-order valence-electron chi connectivity index (χ2n) is 5.47. The van der Waals surface area contributed by atoms with Gasteiger partial charge in [-0.15, -0.1) is 0 Å².